The Kier molecular flexibility index (Phi) is 6.74. The van der Waals surface area contributed by atoms with E-state index in [1.807, 2.05) is 6.92 Å². The van der Waals surface area contributed by atoms with E-state index < -0.39 is 27.9 Å². The number of ether oxygens (including phenoxy) is 2. The van der Waals surface area contributed by atoms with E-state index in [0.717, 1.165) is 0 Å². The number of benzene rings is 3. The molecule has 0 saturated carbocycles. The summed E-state index contributed by atoms with van der Waals surface area (Å²) in [6.07, 6.45) is -0.892. The summed E-state index contributed by atoms with van der Waals surface area (Å²) in [5.74, 6) is -0.514. The highest BCUT2D eigenvalue weighted by atomic mass is 32.2. The van der Waals surface area contributed by atoms with Gasteiger partial charge in [0.2, 0.25) is 0 Å². The van der Waals surface area contributed by atoms with Crippen molar-refractivity contribution in [3.63, 3.8) is 0 Å². The van der Waals surface area contributed by atoms with E-state index >= 15 is 0 Å². The predicted octanol–water partition coefficient (Wildman–Crippen LogP) is 4.60. The van der Waals surface area contributed by atoms with Crippen LogP contribution < -0.4 is 19.1 Å². The lowest BCUT2D eigenvalue weighted by Gasteiger charge is -2.34. The van der Waals surface area contributed by atoms with Crippen molar-refractivity contribution in [3.05, 3.63) is 78.6 Å². The van der Waals surface area contributed by atoms with Gasteiger partial charge < -0.3 is 14.8 Å². The van der Waals surface area contributed by atoms with Crippen LogP contribution in [0.15, 0.2) is 77.7 Å². The van der Waals surface area contributed by atoms with Crippen molar-refractivity contribution in [1.82, 2.24) is 0 Å². The van der Waals surface area contributed by atoms with Gasteiger partial charge in [-0.2, -0.15) is 0 Å². The fraction of sp³-hybridized carbons (Fsp3) is 0.240. The van der Waals surface area contributed by atoms with Gasteiger partial charge >= 0.3 is 0 Å². The minimum atomic E-state index is -3.85. The maximum Gasteiger partial charge on any atom is 0.265 e. The van der Waals surface area contributed by atoms with Crippen LogP contribution in [-0.2, 0) is 14.8 Å². The molecule has 0 spiro atoms. The lowest BCUT2D eigenvalue weighted by atomic mass is 10.2. The Balaban J connectivity index is 1.50. The third kappa shape index (κ3) is 4.84. The first kappa shape index (κ1) is 23.6. The number of carbonyl (C=O) groups excluding carboxylic acids is 1. The van der Waals surface area contributed by atoms with Gasteiger partial charge in [-0.15, -0.1) is 0 Å². The van der Waals surface area contributed by atoms with Crippen molar-refractivity contribution >= 4 is 27.3 Å². The molecule has 3 aromatic rings. The van der Waals surface area contributed by atoms with Gasteiger partial charge in [0.15, 0.2) is 17.7 Å². The lowest BCUT2D eigenvalue weighted by molar-refractivity contribution is -0.122. The average Bonchev–Trinajstić information content (AvgIpc) is 2.83. The van der Waals surface area contributed by atoms with Crippen LogP contribution in [0.4, 0.5) is 15.8 Å². The van der Waals surface area contributed by atoms with Gasteiger partial charge in [0, 0.05) is 5.69 Å². The number of amides is 1. The van der Waals surface area contributed by atoms with Gasteiger partial charge in [0.05, 0.1) is 17.1 Å². The molecule has 0 bridgehead atoms. The van der Waals surface area contributed by atoms with Crippen molar-refractivity contribution in [3.8, 4) is 11.5 Å². The highest BCUT2D eigenvalue weighted by Crippen LogP contribution is 2.36. The monoisotopic (exact) mass is 484 g/mol. The summed E-state index contributed by atoms with van der Waals surface area (Å²) >= 11 is 0. The molecule has 0 aliphatic carbocycles. The van der Waals surface area contributed by atoms with Gasteiger partial charge in [0.25, 0.3) is 15.9 Å². The Morgan fingerprint density at radius 1 is 1.12 bits per heavy atom. The number of para-hydroxylation sites is 3. The number of sulfonamides is 1. The number of hydrogen-bond acceptors (Lipinski definition) is 5. The Hall–Kier alpha value is -3.59. The second kappa shape index (κ2) is 9.72. The third-order valence-electron chi connectivity index (χ3n) is 5.36. The minimum Gasteiger partial charge on any atom is -0.487 e. The Bertz CT molecular complexity index is 1280. The first-order valence-electron chi connectivity index (χ1n) is 10.9. The summed E-state index contributed by atoms with van der Waals surface area (Å²) in [6, 6.07) is 18.7. The van der Waals surface area contributed by atoms with Crippen molar-refractivity contribution in [1.29, 1.82) is 0 Å². The average molecular weight is 485 g/mol. The van der Waals surface area contributed by atoms with Gasteiger partial charge in [-0.1, -0.05) is 31.2 Å². The first-order chi connectivity index (χ1) is 16.3. The Morgan fingerprint density at radius 3 is 2.50 bits per heavy atom. The fourth-order valence-electron chi connectivity index (χ4n) is 3.65. The van der Waals surface area contributed by atoms with E-state index in [0.29, 0.717) is 23.5 Å². The molecule has 1 aliphatic rings. The molecular formula is C25H25FN2O5S. The summed E-state index contributed by atoms with van der Waals surface area (Å²) in [4.78, 5) is 12.8. The summed E-state index contributed by atoms with van der Waals surface area (Å²) in [6.45, 7) is 3.75. The number of fused-ring (bicyclic) bond motifs is 1. The number of anilines is 2. The van der Waals surface area contributed by atoms with Crippen molar-refractivity contribution < 1.29 is 27.1 Å². The van der Waals surface area contributed by atoms with Crippen LogP contribution in [0.2, 0.25) is 0 Å². The van der Waals surface area contributed by atoms with Gasteiger partial charge in [0.1, 0.15) is 11.9 Å². The number of hydrogen-bond donors (Lipinski definition) is 1. The van der Waals surface area contributed by atoms with E-state index in [-0.39, 0.29) is 23.3 Å². The Labute approximate surface area is 198 Å². The molecule has 0 unspecified atom stereocenters. The molecule has 9 heteroatoms. The highest BCUT2D eigenvalue weighted by molar-refractivity contribution is 7.92. The molecule has 7 nitrogen and oxygen atoms in total. The number of nitrogens with one attached hydrogen (secondary N) is 1. The van der Waals surface area contributed by atoms with Crippen LogP contribution >= 0.6 is 0 Å². The maximum absolute atomic E-state index is 13.9. The molecule has 0 radical (unpaired) electrons. The molecule has 3 aromatic carbocycles. The van der Waals surface area contributed by atoms with Crippen LogP contribution in [0.1, 0.15) is 20.3 Å². The van der Waals surface area contributed by atoms with Crippen molar-refractivity contribution in [2.24, 2.45) is 0 Å². The van der Waals surface area contributed by atoms with Crippen LogP contribution in [-0.4, -0.2) is 33.1 Å². The molecule has 0 fully saturated rings. The summed E-state index contributed by atoms with van der Waals surface area (Å²) in [5, 5.41) is 2.70. The second-order valence-corrected chi connectivity index (χ2v) is 9.75. The number of halogens is 1. The molecule has 1 heterocycles. The Morgan fingerprint density at radius 2 is 1.79 bits per heavy atom. The third-order valence-corrected chi connectivity index (χ3v) is 7.16. The van der Waals surface area contributed by atoms with E-state index in [9.17, 15) is 17.6 Å². The summed E-state index contributed by atoms with van der Waals surface area (Å²) in [7, 11) is -3.85. The fourth-order valence-corrected chi connectivity index (χ4v) is 5.20. The highest BCUT2D eigenvalue weighted by Gasteiger charge is 2.32. The SMILES string of the molecule is CC[C@H](Oc1ccccc1F)C(=O)Nc1ccc(S(=O)(=O)N2C[C@H](C)Oc3ccccc32)cc1. The maximum atomic E-state index is 13.9. The van der Waals surface area contributed by atoms with Crippen LogP contribution in [0.5, 0.6) is 11.5 Å². The zero-order valence-corrected chi connectivity index (χ0v) is 19.6. The van der Waals surface area contributed by atoms with Gasteiger partial charge in [-0.05, 0) is 61.9 Å². The lowest BCUT2D eigenvalue weighted by Crippen LogP contribution is -2.42. The number of nitrogens with zero attached hydrogens (tertiary/aromatic N) is 1. The van der Waals surface area contributed by atoms with Crippen molar-refractivity contribution in [2.75, 3.05) is 16.2 Å². The molecule has 178 valence electrons. The standard InChI is InChI=1S/C25H25FN2O5S/c1-3-22(33-23-10-6-4-8-20(23)26)25(29)27-18-12-14-19(15-13-18)34(30,31)28-16-17(2)32-24-11-7-5-9-21(24)28/h4-15,17,22H,3,16H2,1-2H3,(H,27,29)/t17-,22-/m0/s1. The molecule has 2 atom stereocenters. The molecular weight excluding hydrogens is 459 g/mol. The molecule has 34 heavy (non-hydrogen) atoms. The molecule has 0 aromatic heterocycles. The number of carbonyl (C=O) groups is 1. The van der Waals surface area contributed by atoms with Gasteiger partial charge in [-0.25, -0.2) is 12.8 Å². The first-order valence-corrected chi connectivity index (χ1v) is 12.3. The van der Waals surface area contributed by atoms with Gasteiger partial charge in [-0.3, -0.25) is 9.10 Å². The van der Waals surface area contributed by atoms with E-state index in [2.05, 4.69) is 5.32 Å². The number of rotatable bonds is 7. The zero-order valence-electron chi connectivity index (χ0n) is 18.8. The minimum absolute atomic E-state index is 0.00837. The molecule has 0 saturated heterocycles. The predicted molar refractivity (Wildman–Crippen MR) is 127 cm³/mol. The zero-order chi connectivity index (χ0) is 24.3. The van der Waals surface area contributed by atoms with Crippen molar-refractivity contribution in [2.45, 2.75) is 37.4 Å². The van der Waals surface area contributed by atoms with Crippen LogP contribution in [0.25, 0.3) is 0 Å². The van der Waals surface area contributed by atoms with E-state index in [1.54, 1.807) is 37.3 Å². The van der Waals surface area contributed by atoms with Crippen LogP contribution in [0.3, 0.4) is 0 Å². The van der Waals surface area contributed by atoms with E-state index in [4.69, 9.17) is 9.47 Å². The van der Waals surface area contributed by atoms with E-state index in [1.165, 1.54) is 46.8 Å². The van der Waals surface area contributed by atoms with Crippen LogP contribution in [0, 0.1) is 5.82 Å². The smallest absolute Gasteiger partial charge is 0.265 e. The molecule has 1 amide bonds. The largest absolute Gasteiger partial charge is 0.487 e. The molecule has 1 aliphatic heterocycles. The normalized spacial score (nSPS) is 16.2. The molecule has 4 rings (SSSR count). The summed E-state index contributed by atoms with van der Waals surface area (Å²) in [5.41, 5.74) is 0.879. The molecule has 1 N–H and O–H groups in total. The summed E-state index contributed by atoms with van der Waals surface area (Å²) < 4.78 is 53.2. The second-order valence-electron chi connectivity index (χ2n) is 7.89. The topological polar surface area (TPSA) is 84.9 Å². The quantitative estimate of drug-likeness (QED) is 0.530.